The van der Waals surface area contributed by atoms with Gasteiger partial charge in [-0.3, -0.25) is 9.59 Å². The second kappa shape index (κ2) is 9.40. The molecule has 172 valence electrons. The van der Waals surface area contributed by atoms with Gasteiger partial charge in [-0.2, -0.15) is 0 Å². The Morgan fingerprint density at radius 2 is 1.73 bits per heavy atom. The minimum absolute atomic E-state index is 0.131. The van der Waals surface area contributed by atoms with Crippen molar-refractivity contribution in [3.05, 3.63) is 59.7 Å². The molecule has 0 spiro atoms. The summed E-state index contributed by atoms with van der Waals surface area (Å²) in [4.78, 5) is 27.1. The van der Waals surface area contributed by atoms with Gasteiger partial charge in [0.25, 0.3) is 0 Å². The molecule has 1 heterocycles. The fourth-order valence-electron chi connectivity index (χ4n) is 4.58. The number of carbonyl (C=O) groups excluding carboxylic acids is 2. The van der Waals surface area contributed by atoms with Gasteiger partial charge in [-0.25, -0.2) is 0 Å². The van der Waals surface area contributed by atoms with Crippen LogP contribution in [0.3, 0.4) is 0 Å². The van der Waals surface area contributed by atoms with Gasteiger partial charge in [0.1, 0.15) is 6.54 Å². The molecule has 4 rings (SSSR count). The molecule has 7 heteroatoms. The Balaban J connectivity index is 1.94. The van der Waals surface area contributed by atoms with Crippen LogP contribution in [0.15, 0.2) is 48.5 Å². The maximum atomic E-state index is 13.3. The van der Waals surface area contributed by atoms with E-state index in [-0.39, 0.29) is 31.4 Å². The maximum absolute atomic E-state index is 13.3. The van der Waals surface area contributed by atoms with Gasteiger partial charge >= 0.3 is 5.97 Å². The monoisotopic (exact) mass is 449 g/mol. The number of hydrogen-bond acceptors (Lipinski definition) is 6. The van der Waals surface area contributed by atoms with Crippen LogP contribution < -0.4 is 19.1 Å². The van der Waals surface area contributed by atoms with E-state index in [0.29, 0.717) is 22.9 Å². The Morgan fingerprint density at radius 1 is 0.970 bits per heavy atom. The summed E-state index contributed by atoms with van der Waals surface area (Å²) < 4.78 is 21.9. The first-order valence-corrected chi connectivity index (χ1v) is 10.8. The molecule has 1 aliphatic rings. The van der Waals surface area contributed by atoms with Gasteiger partial charge in [0.15, 0.2) is 11.5 Å². The molecule has 3 aromatic carbocycles. The first-order chi connectivity index (χ1) is 16.0. The van der Waals surface area contributed by atoms with Crippen molar-refractivity contribution in [2.75, 3.05) is 39.4 Å². The number of nitrogens with zero attached hydrogens (tertiary/aromatic N) is 1. The Kier molecular flexibility index (Phi) is 6.40. The summed E-state index contributed by atoms with van der Waals surface area (Å²) in [6.07, 6.45) is 0.173. The molecule has 1 aliphatic heterocycles. The first kappa shape index (κ1) is 22.5. The van der Waals surface area contributed by atoms with Crippen molar-refractivity contribution >= 4 is 28.3 Å². The number of methoxy groups -OCH3 is 3. The molecule has 1 atom stereocenters. The lowest BCUT2D eigenvalue weighted by molar-refractivity contribution is -0.142. The van der Waals surface area contributed by atoms with Crippen molar-refractivity contribution in [3.63, 3.8) is 0 Å². The predicted octanol–water partition coefficient (Wildman–Crippen LogP) is 4.30. The Morgan fingerprint density at radius 3 is 2.42 bits per heavy atom. The molecule has 3 aromatic rings. The Labute approximate surface area is 192 Å². The van der Waals surface area contributed by atoms with Gasteiger partial charge in [0.05, 0.1) is 27.9 Å². The van der Waals surface area contributed by atoms with Crippen LogP contribution in [-0.2, 0) is 14.3 Å². The van der Waals surface area contributed by atoms with E-state index >= 15 is 0 Å². The summed E-state index contributed by atoms with van der Waals surface area (Å²) in [5.41, 5.74) is 2.47. The quantitative estimate of drug-likeness (QED) is 0.501. The van der Waals surface area contributed by atoms with E-state index < -0.39 is 5.97 Å². The fourth-order valence-corrected chi connectivity index (χ4v) is 4.58. The number of esters is 1. The van der Waals surface area contributed by atoms with Gasteiger partial charge in [0.2, 0.25) is 11.7 Å². The fraction of sp³-hybridized carbons (Fsp3) is 0.308. The van der Waals surface area contributed by atoms with E-state index in [1.807, 2.05) is 48.5 Å². The van der Waals surface area contributed by atoms with Gasteiger partial charge in [0, 0.05) is 23.6 Å². The molecule has 0 bridgehead atoms. The second-order valence-corrected chi connectivity index (χ2v) is 7.68. The molecular formula is C26H27NO6. The SMILES string of the molecule is CCOC(=O)CN1C(=O)CC(c2ccc(OC)c(OC)c2OC)c2c1ccc1ccccc21. The summed E-state index contributed by atoms with van der Waals surface area (Å²) in [5, 5.41) is 2.06. The Hall–Kier alpha value is -3.74. The first-order valence-electron chi connectivity index (χ1n) is 10.8. The van der Waals surface area contributed by atoms with E-state index in [1.165, 1.54) is 4.90 Å². The standard InChI is InChI=1S/C26H27NO6/c1-5-33-23(29)15-27-20-12-10-16-8-6-7-9-17(16)24(20)19(14-22(27)28)18-11-13-21(30-2)26(32-4)25(18)31-3/h6-13,19H,5,14-15H2,1-4H3. The highest BCUT2D eigenvalue weighted by Crippen LogP contribution is 2.50. The molecule has 0 N–H and O–H groups in total. The minimum Gasteiger partial charge on any atom is -0.493 e. The topological polar surface area (TPSA) is 74.3 Å². The smallest absolute Gasteiger partial charge is 0.326 e. The zero-order valence-corrected chi connectivity index (χ0v) is 19.2. The van der Waals surface area contributed by atoms with Crippen LogP contribution in [0.4, 0.5) is 5.69 Å². The number of carbonyl (C=O) groups is 2. The van der Waals surface area contributed by atoms with E-state index in [1.54, 1.807) is 28.3 Å². The van der Waals surface area contributed by atoms with E-state index in [2.05, 4.69) is 0 Å². The molecule has 0 radical (unpaired) electrons. The van der Waals surface area contributed by atoms with Crippen molar-refractivity contribution in [1.29, 1.82) is 0 Å². The molecule has 1 unspecified atom stereocenters. The predicted molar refractivity (Wildman–Crippen MR) is 125 cm³/mol. The number of rotatable bonds is 7. The Bertz CT molecular complexity index is 1200. The summed E-state index contributed by atoms with van der Waals surface area (Å²) in [6, 6.07) is 15.6. The lowest BCUT2D eigenvalue weighted by Crippen LogP contribution is -2.41. The highest BCUT2D eigenvalue weighted by atomic mass is 16.5. The zero-order chi connectivity index (χ0) is 23.5. The summed E-state index contributed by atoms with van der Waals surface area (Å²) in [5.74, 6) is 0.641. The number of ether oxygens (including phenoxy) is 4. The van der Waals surface area contributed by atoms with Gasteiger partial charge in [-0.1, -0.05) is 36.4 Å². The van der Waals surface area contributed by atoms with E-state index in [0.717, 1.165) is 21.9 Å². The van der Waals surface area contributed by atoms with Crippen LogP contribution in [-0.4, -0.2) is 46.4 Å². The third-order valence-electron chi connectivity index (χ3n) is 5.97. The highest BCUT2D eigenvalue weighted by Gasteiger charge is 2.37. The van der Waals surface area contributed by atoms with Crippen LogP contribution in [0.25, 0.3) is 10.8 Å². The van der Waals surface area contributed by atoms with Crippen molar-refractivity contribution in [3.8, 4) is 17.2 Å². The van der Waals surface area contributed by atoms with E-state index in [9.17, 15) is 9.59 Å². The van der Waals surface area contributed by atoms with Crippen LogP contribution in [0, 0.1) is 0 Å². The average Bonchev–Trinajstić information content (AvgIpc) is 2.84. The minimum atomic E-state index is -0.438. The number of hydrogen-bond donors (Lipinski definition) is 0. The molecule has 33 heavy (non-hydrogen) atoms. The maximum Gasteiger partial charge on any atom is 0.326 e. The number of fused-ring (bicyclic) bond motifs is 3. The number of anilines is 1. The molecular weight excluding hydrogens is 422 g/mol. The van der Waals surface area contributed by atoms with Gasteiger partial charge < -0.3 is 23.8 Å². The van der Waals surface area contributed by atoms with Crippen molar-refractivity contribution in [1.82, 2.24) is 0 Å². The molecule has 0 aliphatic carbocycles. The van der Waals surface area contributed by atoms with Gasteiger partial charge in [-0.05, 0) is 35.4 Å². The molecule has 1 amide bonds. The van der Waals surface area contributed by atoms with Crippen LogP contribution >= 0.6 is 0 Å². The average molecular weight is 450 g/mol. The normalized spacial score (nSPS) is 15.2. The summed E-state index contributed by atoms with van der Waals surface area (Å²) >= 11 is 0. The van der Waals surface area contributed by atoms with Gasteiger partial charge in [-0.15, -0.1) is 0 Å². The third kappa shape index (κ3) is 3.95. The molecule has 0 fully saturated rings. The van der Waals surface area contributed by atoms with Crippen LogP contribution in [0.5, 0.6) is 17.2 Å². The second-order valence-electron chi connectivity index (χ2n) is 7.68. The molecule has 0 aromatic heterocycles. The number of benzene rings is 3. The highest BCUT2D eigenvalue weighted by molar-refractivity contribution is 6.05. The molecule has 0 saturated carbocycles. The van der Waals surface area contributed by atoms with Crippen molar-refractivity contribution in [2.45, 2.75) is 19.3 Å². The van der Waals surface area contributed by atoms with E-state index in [4.69, 9.17) is 18.9 Å². The molecule has 7 nitrogen and oxygen atoms in total. The summed E-state index contributed by atoms with van der Waals surface area (Å²) in [6.45, 7) is 1.88. The van der Waals surface area contributed by atoms with Crippen LogP contribution in [0.2, 0.25) is 0 Å². The lowest BCUT2D eigenvalue weighted by atomic mass is 9.80. The third-order valence-corrected chi connectivity index (χ3v) is 5.97. The van der Waals surface area contributed by atoms with Crippen molar-refractivity contribution < 1.29 is 28.5 Å². The number of amides is 1. The largest absolute Gasteiger partial charge is 0.493 e. The van der Waals surface area contributed by atoms with Crippen molar-refractivity contribution in [2.24, 2.45) is 0 Å². The molecule has 0 saturated heterocycles. The zero-order valence-electron chi connectivity index (χ0n) is 19.2. The van der Waals surface area contributed by atoms with Crippen LogP contribution in [0.1, 0.15) is 30.4 Å². The lowest BCUT2D eigenvalue weighted by Gasteiger charge is -2.35. The summed E-state index contributed by atoms with van der Waals surface area (Å²) in [7, 11) is 4.69.